The van der Waals surface area contributed by atoms with Gasteiger partial charge in [-0.15, -0.1) is 0 Å². The largest absolute Gasteiger partial charge is 0.397 e. The van der Waals surface area contributed by atoms with E-state index >= 15 is 0 Å². The standard InChI is InChI=1S/C11H18N4O2/c1-15(8-11(16)13-5-6-17-2)10-4-3-9(12)7-14-10/h3-4,7H,5-6,8,12H2,1-2H3,(H,13,16). The van der Waals surface area contributed by atoms with E-state index in [-0.39, 0.29) is 12.5 Å². The normalized spacial score (nSPS) is 10.0. The quantitative estimate of drug-likeness (QED) is 0.674. The molecule has 0 aliphatic heterocycles. The lowest BCUT2D eigenvalue weighted by Crippen LogP contribution is -2.36. The van der Waals surface area contributed by atoms with Gasteiger partial charge >= 0.3 is 0 Å². The Bertz CT molecular complexity index is 353. The number of rotatable bonds is 6. The lowest BCUT2D eigenvalue weighted by atomic mass is 10.4. The topological polar surface area (TPSA) is 80.5 Å². The van der Waals surface area contributed by atoms with Gasteiger partial charge in [0.1, 0.15) is 5.82 Å². The van der Waals surface area contributed by atoms with Crippen LogP contribution in [-0.2, 0) is 9.53 Å². The zero-order chi connectivity index (χ0) is 12.7. The summed E-state index contributed by atoms with van der Waals surface area (Å²) in [7, 11) is 3.39. The fourth-order valence-corrected chi connectivity index (χ4v) is 1.27. The van der Waals surface area contributed by atoms with Gasteiger partial charge in [-0.1, -0.05) is 0 Å². The molecule has 0 atom stereocenters. The van der Waals surface area contributed by atoms with Crippen molar-refractivity contribution >= 4 is 17.4 Å². The number of likely N-dealkylation sites (N-methyl/N-ethyl adjacent to an activating group) is 1. The highest BCUT2D eigenvalue weighted by molar-refractivity contribution is 5.80. The minimum absolute atomic E-state index is 0.0665. The Hall–Kier alpha value is -1.82. The Morgan fingerprint density at radius 3 is 2.94 bits per heavy atom. The maximum Gasteiger partial charge on any atom is 0.239 e. The molecule has 1 heterocycles. The third kappa shape index (κ3) is 4.69. The smallest absolute Gasteiger partial charge is 0.239 e. The first-order valence-corrected chi connectivity index (χ1v) is 5.32. The van der Waals surface area contributed by atoms with Crippen LogP contribution in [0.5, 0.6) is 0 Å². The van der Waals surface area contributed by atoms with Crippen LogP contribution >= 0.6 is 0 Å². The van der Waals surface area contributed by atoms with Crippen molar-refractivity contribution in [2.45, 2.75) is 0 Å². The van der Waals surface area contributed by atoms with Crippen molar-refractivity contribution in [3.63, 3.8) is 0 Å². The van der Waals surface area contributed by atoms with Crippen LogP contribution in [0.15, 0.2) is 18.3 Å². The van der Waals surface area contributed by atoms with E-state index in [9.17, 15) is 4.79 Å². The molecule has 17 heavy (non-hydrogen) atoms. The molecule has 0 spiro atoms. The summed E-state index contributed by atoms with van der Waals surface area (Å²) in [6.07, 6.45) is 1.56. The molecule has 0 saturated carbocycles. The predicted molar refractivity (Wildman–Crippen MR) is 66.8 cm³/mol. The van der Waals surface area contributed by atoms with Crippen LogP contribution in [0.1, 0.15) is 0 Å². The van der Waals surface area contributed by atoms with Crippen molar-refractivity contribution in [1.29, 1.82) is 0 Å². The Morgan fingerprint density at radius 2 is 2.35 bits per heavy atom. The molecule has 1 amide bonds. The number of anilines is 2. The predicted octanol–water partition coefficient (Wildman–Crippen LogP) is -0.137. The van der Waals surface area contributed by atoms with E-state index in [0.29, 0.717) is 24.7 Å². The highest BCUT2D eigenvalue weighted by Gasteiger charge is 2.07. The van der Waals surface area contributed by atoms with Gasteiger partial charge in [0.2, 0.25) is 5.91 Å². The maximum absolute atomic E-state index is 11.5. The number of aromatic nitrogens is 1. The van der Waals surface area contributed by atoms with E-state index in [1.165, 1.54) is 0 Å². The van der Waals surface area contributed by atoms with Gasteiger partial charge in [-0.25, -0.2) is 4.98 Å². The van der Waals surface area contributed by atoms with Gasteiger partial charge < -0.3 is 20.7 Å². The summed E-state index contributed by atoms with van der Waals surface area (Å²) in [5.41, 5.74) is 6.14. The van der Waals surface area contributed by atoms with Crippen molar-refractivity contribution in [1.82, 2.24) is 10.3 Å². The minimum atomic E-state index is -0.0665. The monoisotopic (exact) mass is 238 g/mol. The van der Waals surface area contributed by atoms with Crippen LogP contribution in [0.3, 0.4) is 0 Å². The zero-order valence-electron chi connectivity index (χ0n) is 10.1. The van der Waals surface area contributed by atoms with Crippen LogP contribution < -0.4 is 16.0 Å². The van der Waals surface area contributed by atoms with Crippen LogP contribution in [0.4, 0.5) is 11.5 Å². The van der Waals surface area contributed by atoms with Crippen molar-refractivity contribution < 1.29 is 9.53 Å². The molecule has 1 rings (SSSR count). The maximum atomic E-state index is 11.5. The number of methoxy groups -OCH3 is 1. The van der Waals surface area contributed by atoms with Crippen LogP contribution in [0.25, 0.3) is 0 Å². The van der Waals surface area contributed by atoms with Gasteiger partial charge in [-0.3, -0.25) is 4.79 Å². The summed E-state index contributed by atoms with van der Waals surface area (Å²) in [4.78, 5) is 17.4. The molecule has 1 aromatic heterocycles. The highest BCUT2D eigenvalue weighted by Crippen LogP contribution is 2.09. The summed E-state index contributed by atoms with van der Waals surface area (Å²) in [6, 6.07) is 3.53. The molecule has 0 bridgehead atoms. The number of nitrogens with one attached hydrogen (secondary N) is 1. The average molecular weight is 238 g/mol. The number of hydrogen-bond donors (Lipinski definition) is 2. The number of nitrogens with two attached hydrogens (primary N) is 1. The first-order chi connectivity index (χ1) is 8.13. The molecule has 1 aromatic rings. The number of hydrogen-bond acceptors (Lipinski definition) is 5. The number of carbonyl (C=O) groups excluding carboxylic acids is 1. The van der Waals surface area contributed by atoms with E-state index in [1.807, 2.05) is 0 Å². The van der Waals surface area contributed by atoms with E-state index < -0.39 is 0 Å². The van der Waals surface area contributed by atoms with Gasteiger partial charge in [-0.05, 0) is 12.1 Å². The summed E-state index contributed by atoms with van der Waals surface area (Å²) < 4.78 is 4.84. The third-order valence-electron chi connectivity index (χ3n) is 2.17. The van der Waals surface area contributed by atoms with Crippen molar-refractivity contribution in [3.8, 4) is 0 Å². The number of nitrogen functional groups attached to an aromatic ring is 1. The molecule has 6 heteroatoms. The minimum Gasteiger partial charge on any atom is -0.397 e. The van der Waals surface area contributed by atoms with Crippen molar-refractivity contribution in [2.75, 3.05) is 44.5 Å². The number of pyridine rings is 1. The molecule has 0 aliphatic carbocycles. The van der Waals surface area contributed by atoms with Crippen molar-refractivity contribution in [2.24, 2.45) is 0 Å². The van der Waals surface area contributed by atoms with Gasteiger partial charge in [0, 0.05) is 20.7 Å². The average Bonchev–Trinajstić information content (AvgIpc) is 2.30. The second-order valence-corrected chi connectivity index (χ2v) is 3.65. The van der Waals surface area contributed by atoms with Gasteiger partial charge in [0.05, 0.1) is 25.0 Å². The Morgan fingerprint density at radius 1 is 1.59 bits per heavy atom. The molecule has 0 saturated heterocycles. The summed E-state index contributed by atoms with van der Waals surface area (Å²) >= 11 is 0. The first-order valence-electron chi connectivity index (χ1n) is 5.32. The van der Waals surface area contributed by atoms with Gasteiger partial charge in [0.15, 0.2) is 0 Å². The SMILES string of the molecule is COCCNC(=O)CN(C)c1ccc(N)cn1. The van der Waals surface area contributed by atoms with Crippen molar-refractivity contribution in [3.05, 3.63) is 18.3 Å². The van der Waals surface area contributed by atoms with E-state index in [2.05, 4.69) is 10.3 Å². The second kappa shape index (κ2) is 6.70. The molecule has 94 valence electrons. The van der Waals surface area contributed by atoms with E-state index in [0.717, 1.165) is 0 Å². The third-order valence-corrected chi connectivity index (χ3v) is 2.17. The summed E-state index contributed by atoms with van der Waals surface area (Å²) in [5.74, 6) is 0.643. The van der Waals surface area contributed by atoms with Gasteiger partial charge in [-0.2, -0.15) is 0 Å². The molecular formula is C11H18N4O2. The lowest BCUT2D eigenvalue weighted by molar-refractivity contribution is -0.119. The number of amides is 1. The molecular weight excluding hydrogens is 220 g/mol. The van der Waals surface area contributed by atoms with E-state index in [4.69, 9.17) is 10.5 Å². The molecule has 0 aliphatic rings. The van der Waals surface area contributed by atoms with Crippen LogP contribution in [0, 0.1) is 0 Å². The summed E-state index contributed by atoms with van der Waals surface area (Å²) in [6.45, 7) is 1.27. The molecule has 0 aromatic carbocycles. The summed E-state index contributed by atoms with van der Waals surface area (Å²) in [5, 5.41) is 2.74. The first kappa shape index (κ1) is 13.2. The van der Waals surface area contributed by atoms with E-state index in [1.54, 1.807) is 37.4 Å². The highest BCUT2D eigenvalue weighted by atomic mass is 16.5. The molecule has 0 radical (unpaired) electrons. The van der Waals surface area contributed by atoms with Gasteiger partial charge in [0.25, 0.3) is 0 Å². The fourth-order valence-electron chi connectivity index (χ4n) is 1.27. The number of carbonyl (C=O) groups is 1. The number of ether oxygens (including phenoxy) is 1. The molecule has 0 unspecified atom stereocenters. The number of nitrogens with zero attached hydrogens (tertiary/aromatic N) is 2. The lowest BCUT2D eigenvalue weighted by Gasteiger charge is -2.17. The Labute approximate surface area is 101 Å². The Balaban J connectivity index is 2.40. The second-order valence-electron chi connectivity index (χ2n) is 3.65. The fraction of sp³-hybridized carbons (Fsp3) is 0.455. The zero-order valence-corrected chi connectivity index (χ0v) is 10.1. The van der Waals surface area contributed by atoms with Crippen LogP contribution in [0.2, 0.25) is 0 Å². The molecule has 3 N–H and O–H groups in total. The Kier molecular flexibility index (Phi) is 5.22. The molecule has 6 nitrogen and oxygen atoms in total. The van der Waals surface area contributed by atoms with Crippen LogP contribution in [-0.4, -0.2) is 44.7 Å². The molecule has 0 fully saturated rings.